The second kappa shape index (κ2) is 4.33. The Balaban J connectivity index is 2.10. The van der Waals surface area contributed by atoms with Crippen LogP contribution in [0, 0.1) is 6.92 Å². The van der Waals surface area contributed by atoms with Gasteiger partial charge in [0.1, 0.15) is 5.82 Å². The van der Waals surface area contributed by atoms with Crippen LogP contribution in [0.1, 0.15) is 18.5 Å². The highest BCUT2D eigenvalue weighted by Gasteiger charge is 2.21. The Morgan fingerprint density at radius 3 is 2.88 bits per heavy atom. The molecular weight excluding hydrogens is 204 g/mol. The van der Waals surface area contributed by atoms with Gasteiger partial charge in [-0.05, 0) is 19.8 Å². The average molecular weight is 224 g/mol. The van der Waals surface area contributed by atoms with E-state index in [2.05, 4.69) is 10.00 Å². The molecule has 0 aromatic carbocycles. The molecule has 1 aromatic heterocycles. The highest BCUT2D eigenvalue weighted by atomic mass is 16.5. The second-order valence-electron chi connectivity index (χ2n) is 4.46. The minimum absolute atomic E-state index is 0.333. The van der Waals surface area contributed by atoms with Gasteiger partial charge in [-0.1, -0.05) is 0 Å². The number of likely N-dealkylation sites (N-methyl/N-ethyl adjacent to an activating group) is 1. The Labute approximate surface area is 96.2 Å². The Kier molecular flexibility index (Phi) is 3.05. The summed E-state index contributed by atoms with van der Waals surface area (Å²) in [5.41, 5.74) is 7.67. The van der Waals surface area contributed by atoms with Gasteiger partial charge in [0.15, 0.2) is 0 Å². The molecule has 1 fully saturated rings. The zero-order chi connectivity index (χ0) is 11.7. The normalized spacial score (nSPS) is 20.3. The molecule has 2 N–H and O–H groups in total. The third kappa shape index (κ3) is 2.00. The molecule has 0 radical (unpaired) electrons. The molecule has 2 heterocycles. The minimum atomic E-state index is 0.333. The van der Waals surface area contributed by atoms with Crippen molar-refractivity contribution in [3.63, 3.8) is 0 Å². The third-order valence-corrected chi connectivity index (χ3v) is 3.10. The summed E-state index contributed by atoms with van der Waals surface area (Å²) < 4.78 is 7.45. The Bertz CT molecular complexity index is 368. The SMILES string of the molecule is Cc1nn(C)c(N(C)CC2CCCO2)c1N. The lowest BCUT2D eigenvalue weighted by molar-refractivity contribution is 0.116. The van der Waals surface area contributed by atoms with Gasteiger partial charge in [0.2, 0.25) is 0 Å². The van der Waals surface area contributed by atoms with Gasteiger partial charge in [-0.3, -0.25) is 4.68 Å². The number of hydrogen-bond donors (Lipinski definition) is 1. The molecule has 5 heteroatoms. The zero-order valence-corrected chi connectivity index (χ0v) is 10.2. The highest BCUT2D eigenvalue weighted by molar-refractivity contribution is 5.65. The average Bonchev–Trinajstić information content (AvgIpc) is 2.77. The first-order valence-electron chi connectivity index (χ1n) is 5.71. The van der Waals surface area contributed by atoms with E-state index in [0.717, 1.165) is 36.8 Å². The predicted octanol–water partition coefficient (Wildman–Crippen LogP) is 0.926. The fraction of sp³-hybridized carbons (Fsp3) is 0.727. The summed E-state index contributed by atoms with van der Waals surface area (Å²) in [6.07, 6.45) is 2.64. The van der Waals surface area contributed by atoms with Crippen molar-refractivity contribution in [1.29, 1.82) is 0 Å². The molecule has 0 aliphatic carbocycles. The summed E-state index contributed by atoms with van der Waals surface area (Å²) in [7, 11) is 3.96. The van der Waals surface area contributed by atoms with Crippen LogP contribution in [0.3, 0.4) is 0 Å². The summed E-state index contributed by atoms with van der Waals surface area (Å²) in [6.45, 7) is 3.69. The molecule has 0 spiro atoms. The van der Waals surface area contributed by atoms with Crippen LogP contribution < -0.4 is 10.6 Å². The summed E-state index contributed by atoms with van der Waals surface area (Å²) >= 11 is 0. The lowest BCUT2D eigenvalue weighted by atomic mass is 10.2. The molecule has 90 valence electrons. The maximum absolute atomic E-state index is 6.01. The first kappa shape index (κ1) is 11.3. The van der Waals surface area contributed by atoms with Crippen molar-refractivity contribution in [3.8, 4) is 0 Å². The van der Waals surface area contributed by atoms with E-state index in [1.807, 2.05) is 25.7 Å². The van der Waals surface area contributed by atoms with Crippen molar-refractivity contribution in [2.24, 2.45) is 7.05 Å². The molecule has 0 bridgehead atoms. The van der Waals surface area contributed by atoms with Crippen molar-refractivity contribution >= 4 is 11.5 Å². The van der Waals surface area contributed by atoms with Gasteiger partial charge < -0.3 is 15.4 Å². The van der Waals surface area contributed by atoms with Crippen LogP contribution in [0.4, 0.5) is 11.5 Å². The molecule has 1 aliphatic rings. The quantitative estimate of drug-likeness (QED) is 0.829. The van der Waals surface area contributed by atoms with E-state index in [1.165, 1.54) is 6.42 Å². The van der Waals surface area contributed by atoms with Crippen LogP contribution in [0.15, 0.2) is 0 Å². The van der Waals surface area contributed by atoms with E-state index >= 15 is 0 Å². The Hall–Kier alpha value is -1.23. The Morgan fingerprint density at radius 2 is 2.38 bits per heavy atom. The van der Waals surface area contributed by atoms with Gasteiger partial charge in [-0.15, -0.1) is 0 Å². The van der Waals surface area contributed by atoms with E-state index in [-0.39, 0.29) is 0 Å². The molecule has 1 atom stereocenters. The summed E-state index contributed by atoms with van der Waals surface area (Å²) in [5.74, 6) is 0.980. The van der Waals surface area contributed by atoms with Crippen LogP contribution in [0.25, 0.3) is 0 Å². The molecule has 0 amide bonds. The van der Waals surface area contributed by atoms with Crippen LogP contribution in [-0.4, -0.2) is 36.1 Å². The van der Waals surface area contributed by atoms with Crippen LogP contribution in [0.5, 0.6) is 0 Å². The van der Waals surface area contributed by atoms with E-state index in [0.29, 0.717) is 6.10 Å². The number of ether oxygens (including phenoxy) is 1. The van der Waals surface area contributed by atoms with Crippen molar-refractivity contribution in [3.05, 3.63) is 5.69 Å². The van der Waals surface area contributed by atoms with E-state index in [9.17, 15) is 0 Å². The molecule has 1 aliphatic heterocycles. The van der Waals surface area contributed by atoms with Crippen molar-refractivity contribution in [2.45, 2.75) is 25.9 Å². The minimum Gasteiger partial charge on any atom is -0.394 e. The summed E-state index contributed by atoms with van der Waals surface area (Å²) in [5, 5.41) is 4.32. The maximum Gasteiger partial charge on any atom is 0.150 e. The van der Waals surface area contributed by atoms with Crippen LogP contribution >= 0.6 is 0 Å². The molecule has 0 saturated carbocycles. The monoisotopic (exact) mass is 224 g/mol. The smallest absolute Gasteiger partial charge is 0.150 e. The molecule has 1 saturated heterocycles. The molecule has 1 aromatic rings. The molecule has 5 nitrogen and oxygen atoms in total. The van der Waals surface area contributed by atoms with Crippen molar-refractivity contribution in [1.82, 2.24) is 9.78 Å². The number of aromatic nitrogens is 2. The number of nitrogens with zero attached hydrogens (tertiary/aromatic N) is 3. The van der Waals surface area contributed by atoms with Crippen molar-refractivity contribution < 1.29 is 4.74 Å². The van der Waals surface area contributed by atoms with Crippen LogP contribution in [0.2, 0.25) is 0 Å². The molecular formula is C11H20N4O. The van der Waals surface area contributed by atoms with E-state index in [4.69, 9.17) is 10.5 Å². The summed E-state index contributed by atoms with van der Waals surface area (Å²) in [6, 6.07) is 0. The first-order chi connectivity index (χ1) is 7.59. The molecule has 16 heavy (non-hydrogen) atoms. The van der Waals surface area contributed by atoms with Gasteiger partial charge in [0.05, 0.1) is 17.5 Å². The standard InChI is InChI=1S/C11H20N4O/c1-8-10(12)11(15(3)13-8)14(2)7-9-5-4-6-16-9/h9H,4-7,12H2,1-3H3. The topological polar surface area (TPSA) is 56.3 Å². The number of hydrogen-bond acceptors (Lipinski definition) is 4. The fourth-order valence-electron chi connectivity index (χ4n) is 2.30. The Morgan fingerprint density at radius 1 is 1.62 bits per heavy atom. The largest absolute Gasteiger partial charge is 0.394 e. The third-order valence-electron chi connectivity index (χ3n) is 3.10. The molecule has 1 unspecified atom stereocenters. The number of nitrogens with two attached hydrogens (primary N) is 1. The van der Waals surface area contributed by atoms with Gasteiger partial charge in [0.25, 0.3) is 0 Å². The van der Waals surface area contributed by atoms with E-state index < -0.39 is 0 Å². The van der Waals surface area contributed by atoms with Gasteiger partial charge in [-0.2, -0.15) is 5.10 Å². The second-order valence-corrected chi connectivity index (χ2v) is 4.46. The number of rotatable bonds is 3. The highest BCUT2D eigenvalue weighted by Crippen LogP contribution is 2.25. The maximum atomic E-state index is 6.01. The van der Waals surface area contributed by atoms with Crippen molar-refractivity contribution in [2.75, 3.05) is 30.8 Å². The lowest BCUT2D eigenvalue weighted by Gasteiger charge is -2.23. The van der Waals surface area contributed by atoms with Gasteiger partial charge in [0, 0.05) is 27.2 Å². The number of anilines is 2. The molecule has 2 rings (SSSR count). The first-order valence-corrected chi connectivity index (χ1v) is 5.71. The number of aryl methyl sites for hydroxylation is 2. The summed E-state index contributed by atoms with van der Waals surface area (Å²) in [4.78, 5) is 2.13. The lowest BCUT2D eigenvalue weighted by Crippen LogP contribution is -2.30. The van der Waals surface area contributed by atoms with Gasteiger partial charge in [-0.25, -0.2) is 0 Å². The number of nitrogen functional groups attached to an aromatic ring is 1. The van der Waals surface area contributed by atoms with Crippen LogP contribution in [-0.2, 0) is 11.8 Å². The zero-order valence-electron chi connectivity index (χ0n) is 10.2. The van der Waals surface area contributed by atoms with E-state index in [1.54, 1.807) is 0 Å². The predicted molar refractivity (Wildman–Crippen MR) is 64.6 cm³/mol. The van der Waals surface area contributed by atoms with Gasteiger partial charge >= 0.3 is 0 Å². The fourth-order valence-corrected chi connectivity index (χ4v) is 2.30.